The van der Waals surface area contributed by atoms with Crippen LogP contribution in [0.4, 0.5) is 13.2 Å². The standard InChI is InChI=1S/C13H12F3NO2/c14-13(15,16)5-6-19-12-11-4-2-1-3-10(11)9(8-18)7-17-12/h1-4,7,18H,5-6,8H2. The summed E-state index contributed by atoms with van der Waals surface area (Å²) in [4.78, 5) is 3.95. The second-order valence-electron chi connectivity index (χ2n) is 4.01. The highest BCUT2D eigenvalue weighted by molar-refractivity contribution is 5.89. The molecule has 1 N–H and O–H groups in total. The van der Waals surface area contributed by atoms with Crippen molar-refractivity contribution in [1.29, 1.82) is 0 Å². The van der Waals surface area contributed by atoms with Gasteiger partial charge < -0.3 is 9.84 Å². The van der Waals surface area contributed by atoms with E-state index in [0.29, 0.717) is 10.9 Å². The summed E-state index contributed by atoms with van der Waals surface area (Å²) in [5.74, 6) is 0.150. The van der Waals surface area contributed by atoms with Gasteiger partial charge in [-0.3, -0.25) is 0 Å². The van der Waals surface area contributed by atoms with Crippen LogP contribution in [0.5, 0.6) is 5.88 Å². The number of fused-ring (bicyclic) bond motifs is 1. The average Bonchev–Trinajstić information content (AvgIpc) is 2.37. The summed E-state index contributed by atoms with van der Waals surface area (Å²) in [5, 5.41) is 10.5. The van der Waals surface area contributed by atoms with Crippen molar-refractivity contribution in [1.82, 2.24) is 4.98 Å². The lowest BCUT2D eigenvalue weighted by atomic mass is 10.1. The molecule has 0 saturated carbocycles. The maximum Gasteiger partial charge on any atom is 0.392 e. The lowest BCUT2D eigenvalue weighted by Gasteiger charge is -2.11. The number of rotatable bonds is 4. The highest BCUT2D eigenvalue weighted by Gasteiger charge is 2.27. The van der Waals surface area contributed by atoms with E-state index in [1.807, 2.05) is 0 Å². The minimum absolute atomic E-state index is 0.150. The Morgan fingerprint density at radius 1 is 1.16 bits per heavy atom. The molecule has 0 atom stereocenters. The summed E-state index contributed by atoms with van der Waals surface area (Å²) in [7, 11) is 0. The number of benzene rings is 1. The molecule has 0 saturated heterocycles. The molecular weight excluding hydrogens is 259 g/mol. The van der Waals surface area contributed by atoms with Crippen LogP contribution >= 0.6 is 0 Å². The SMILES string of the molecule is OCc1cnc(OCCC(F)(F)F)c2ccccc12. The molecule has 0 radical (unpaired) electrons. The number of halogens is 3. The van der Waals surface area contributed by atoms with Gasteiger partial charge in [0.05, 0.1) is 19.6 Å². The van der Waals surface area contributed by atoms with Crippen molar-refractivity contribution >= 4 is 10.8 Å². The molecule has 0 fully saturated rings. The van der Waals surface area contributed by atoms with Crippen LogP contribution < -0.4 is 4.74 Å². The van der Waals surface area contributed by atoms with Crippen LogP contribution in [0.15, 0.2) is 30.5 Å². The van der Waals surface area contributed by atoms with Gasteiger partial charge in [-0.25, -0.2) is 4.98 Å². The largest absolute Gasteiger partial charge is 0.477 e. The third kappa shape index (κ3) is 3.35. The Morgan fingerprint density at radius 3 is 2.47 bits per heavy atom. The Bertz CT molecular complexity index is 569. The summed E-state index contributed by atoms with van der Waals surface area (Å²) in [6.45, 7) is -0.657. The Morgan fingerprint density at radius 2 is 1.84 bits per heavy atom. The normalized spacial score (nSPS) is 11.8. The third-order valence-electron chi connectivity index (χ3n) is 2.64. The van der Waals surface area contributed by atoms with E-state index in [-0.39, 0.29) is 12.5 Å². The van der Waals surface area contributed by atoms with Crippen molar-refractivity contribution in [2.45, 2.75) is 19.2 Å². The lowest BCUT2D eigenvalue weighted by Crippen LogP contribution is -2.13. The van der Waals surface area contributed by atoms with Crippen molar-refractivity contribution < 1.29 is 23.0 Å². The van der Waals surface area contributed by atoms with Crippen molar-refractivity contribution in [2.24, 2.45) is 0 Å². The van der Waals surface area contributed by atoms with E-state index in [1.165, 1.54) is 6.20 Å². The predicted molar refractivity (Wildman–Crippen MR) is 63.8 cm³/mol. The van der Waals surface area contributed by atoms with E-state index < -0.39 is 19.2 Å². The molecule has 0 spiro atoms. The zero-order chi connectivity index (χ0) is 13.9. The van der Waals surface area contributed by atoms with Gasteiger partial charge in [0.1, 0.15) is 0 Å². The topological polar surface area (TPSA) is 42.4 Å². The molecule has 102 valence electrons. The van der Waals surface area contributed by atoms with Crippen LogP contribution in [0.3, 0.4) is 0 Å². The average molecular weight is 271 g/mol. The zero-order valence-electron chi connectivity index (χ0n) is 9.94. The molecule has 1 aromatic heterocycles. The number of aliphatic hydroxyl groups is 1. The monoisotopic (exact) mass is 271 g/mol. The first kappa shape index (κ1) is 13.6. The minimum Gasteiger partial charge on any atom is -0.477 e. The first-order chi connectivity index (χ1) is 9.01. The zero-order valence-corrected chi connectivity index (χ0v) is 9.94. The van der Waals surface area contributed by atoms with E-state index >= 15 is 0 Å². The number of aromatic nitrogens is 1. The van der Waals surface area contributed by atoms with E-state index in [4.69, 9.17) is 4.74 Å². The van der Waals surface area contributed by atoms with Crippen LogP contribution in [0.25, 0.3) is 10.8 Å². The number of alkyl halides is 3. The van der Waals surface area contributed by atoms with Gasteiger partial charge in [-0.1, -0.05) is 18.2 Å². The van der Waals surface area contributed by atoms with Crippen LogP contribution in [0.2, 0.25) is 0 Å². The van der Waals surface area contributed by atoms with Crippen LogP contribution in [0, 0.1) is 0 Å². The van der Waals surface area contributed by atoms with Crippen LogP contribution in [0.1, 0.15) is 12.0 Å². The van der Waals surface area contributed by atoms with Crippen LogP contribution in [-0.2, 0) is 6.61 Å². The van der Waals surface area contributed by atoms with E-state index in [2.05, 4.69) is 4.98 Å². The minimum atomic E-state index is -4.25. The summed E-state index contributed by atoms with van der Waals surface area (Å²) in [6, 6.07) is 6.98. The van der Waals surface area contributed by atoms with Gasteiger partial charge in [0.25, 0.3) is 0 Å². The highest BCUT2D eigenvalue weighted by Crippen LogP contribution is 2.27. The number of aliphatic hydroxyl groups excluding tert-OH is 1. The van der Waals surface area contributed by atoms with Crippen LogP contribution in [-0.4, -0.2) is 22.9 Å². The highest BCUT2D eigenvalue weighted by atomic mass is 19.4. The van der Waals surface area contributed by atoms with E-state index in [1.54, 1.807) is 24.3 Å². The van der Waals surface area contributed by atoms with Crippen molar-refractivity contribution in [2.75, 3.05) is 6.61 Å². The second-order valence-corrected chi connectivity index (χ2v) is 4.01. The molecule has 2 rings (SSSR count). The molecule has 0 aliphatic heterocycles. The Hall–Kier alpha value is -1.82. The van der Waals surface area contributed by atoms with Gasteiger partial charge in [0.2, 0.25) is 5.88 Å². The number of nitrogens with zero attached hydrogens (tertiary/aromatic N) is 1. The Labute approximate surface area is 107 Å². The van der Waals surface area contributed by atoms with Crippen molar-refractivity contribution in [3.63, 3.8) is 0 Å². The predicted octanol–water partition coefficient (Wildman–Crippen LogP) is 3.06. The summed E-state index contributed by atoms with van der Waals surface area (Å²) >= 11 is 0. The molecule has 0 amide bonds. The molecule has 6 heteroatoms. The number of pyridine rings is 1. The molecule has 3 nitrogen and oxygen atoms in total. The molecule has 0 unspecified atom stereocenters. The molecule has 0 aliphatic carbocycles. The van der Waals surface area contributed by atoms with Gasteiger partial charge in [-0.15, -0.1) is 0 Å². The van der Waals surface area contributed by atoms with Gasteiger partial charge >= 0.3 is 6.18 Å². The van der Waals surface area contributed by atoms with Gasteiger partial charge in [-0.2, -0.15) is 13.2 Å². The second kappa shape index (κ2) is 5.44. The Kier molecular flexibility index (Phi) is 3.90. The lowest BCUT2D eigenvalue weighted by molar-refractivity contribution is -0.139. The molecule has 19 heavy (non-hydrogen) atoms. The fourth-order valence-corrected chi connectivity index (χ4v) is 1.73. The quantitative estimate of drug-likeness (QED) is 0.929. The fourth-order valence-electron chi connectivity index (χ4n) is 1.73. The summed E-state index contributed by atoms with van der Waals surface area (Å²) in [5.41, 5.74) is 0.610. The van der Waals surface area contributed by atoms with E-state index in [0.717, 1.165) is 5.39 Å². The fraction of sp³-hybridized carbons (Fsp3) is 0.308. The first-order valence-electron chi connectivity index (χ1n) is 5.68. The number of hydrogen-bond acceptors (Lipinski definition) is 3. The first-order valence-corrected chi connectivity index (χ1v) is 5.68. The molecule has 0 bridgehead atoms. The molecule has 1 aromatic carbocycles. The van der Waals surface area contributed by atoms with E-state index in [9.17, 15) is 18.3 Å². The smallest absolute Gasteiger partial charge is 0.392 e. The van der Waals surface area contributed by atoms with Crippen molar-refractivity contribution in [3.8, 4) is 5.88 Å². The number of hydrogen-bond donors (Lipinski definition) is 1. The molecule has 0 aliphatic rings. The molecule has 2 aromatic rings. The maximum absolute atomic E-state index is 12.1. The Balaban J connectivity index is 2.24. The number of ether oxygens (including phenoxy) is 1. The summed E-state index contributed by atoms with van der Waals surface area (Å²) in [6.07, 6.45) is -3.86. The molecule has 1 heterocycles. The molecular formula is C13H12F3NO2. The maximum atomic E-state index is 12.1. The van der Waals surface area contributed by atoms with Gasteiger partial charge in [-0.05, 0) is 11.5 Å². The van der Waals surface area contributed by atoms with Crippen molar-refractivity contribution in [3.05, 3.63) is 36.0 Å². The van der Waals surface area contributed by atoms with Gasteiger partial charge in [0, 0.05) is 17.1 Å². The van der Waals surface area contributed by atoms with Gasteiger partial charge in [0.15, 0.2) is 0 Å². The summed E-state index contributed by atoms with van der Waals surface area (Å²) < 4.78 is 41.3. The third-order valence-corrected chi connectivity index (χ3v) is 2.64.